The van der Waals surface area contributed by atoms with Crippen molar-refractivity contribution in [1.29, 1.82) is 5.26 Å². The van der Waals surface area contributed by atoms with Crippen molar-refractivity contribution < 1.29 is 5.11 Å². The first-order valence-electron chi connectivity index (χ1n) is 5.09. The molecule has 4 heteroatoms. The predicted molar refractivity (Wildman–Crippen MR) is 56.4 cm³/mol. The molecular weight excluding hydrogens is 190 g/mol. The summed E-state index contributed by atoms with van der Waals surface area (Å²) in [5.74, 6) is 0.841. The zero-order valence-electron chi connectivity index (χ0n) is 8.43. The van der Waals surface area contributed by atoms with Gasteiger partial charge in [0.05, 0.1) is 11.7 Å². The highest BCUT2D eigenvalue weighted by molar-refractivity contribution is 5.42. The summed E-state index contributed by atoms with van der Waals surface area (Å²) in [6, 6.07) is 5.62. The molecule has 1 fully saturated rings. The molecule has 0 aromatic carbocycles. The number of rotatable bonds is 1. The zero-order valence-corrected chi connectivity index (χ0v) is 8.43. The number of aliphatic hydroxyl groups is 1. The van der Waals surface area contributed by atoms with Crippen LogP contribution < -0.4 is 4.90 Å². The number of aliphatic hydroxyl groups excluding tert-OH is 1. The second-order valence-corrected chi connectivity index (χ2v) is 3.76. The van der Waals surface area contributed by atoms with Crippen molar-refractivity contribution in [1.82, 2.24) is 4.98 Å². The standard InChI is InChI=1S/C11H13N3O/c12-6-9-3-4-11(13-7-9)14-5-1-2-10(15)8-14/h3-4,7,10,15H,1-2,5,8H2. The van der Waals surface area contributed by atoms with Crippen molar-refractivity contribution in [2.24, 2.45) is 0 Å². The van der Waals surface area contributed by atoms with Gasteiger partial charge in [-0.1, -0.05) is 0 Å². The number of hydrogen-bond acceptors (Lipinski definition) is 4. The van der Waals surface area contributed by atoms with E-state index in [1.54, 1.807) is 12.3 Å². The molecule has 1 saturated heterocycles. The van der Waals surface area contributed by atoms with E-state index in [2.05, 4.69) is 9.88 Å². The van der Waals surface area contributed by atoms with E-state index in [4.69, 9.17) is 5.26 Å². The average Bonchev–Trinajstić information content (AvgIpc) is 2.29. The third-order valence-corrected chi connectivity index (χ3v) is 2.60. The van der Waals surface area contributed by atoms with Crippen LogP contribution in [0.2, 0.25) is 0 Å². The number of pyridine rings is 1. The normalized spacial score (nSPS) is 21.1. The number of β-amino-alcohol motifs (C(OH)–C–C–N with tert-alkyl or cyclic N) is 1. The van der Waals surface area contributed by atoms with Crippen molar-refractivity contribution in [3.05, 3.63) is 23.9 Å². The maximum Gasteiger partial charge on any atom is 0.128 e. The molecule has 1 aliphatic rings. The Kier molecular flexibility index (Phi) is 2.84. The summed E-state index contributed by atoms with van der Waals surface area (Å²) >= 11 is 0. The molecule has 1 atom stereocenters. The van der Waals surface area contributed by atoms with Crippen LogP contribution in [0.5, 0.6) is 0 Å². The number of anilines is 1. The molecule has 0 aliphatic carbocycles. The van der Waals surface area contributed by atoms with Crippen LogP contribution in [0, 0.1) is 11.3 Å². The van der Waals surface area contributed by atoms with Crippen LogP contribution in [0.1, 0.15) is 18.4 Å². The van der Waals surface area contributed by atoms with Gasteiger partial charge in [-0.05, 0) is 25.0 Å². The van der Waals surface area contributed by atoms with E-state index >= 15 is 0 Å². The first-order chi connectivity index (χ1) is 7.29. The zero-order chi connectivity index (χ0) is 10.7. The minimum Gasteiger partial charge on any atom is -0.391 e. The fourth-order valence-electron chi connectivity index (χ4n) is 1.80. The molecule has 4 nitrogen and oxygen atoms in total. The summed E-state index contributed by atoms with van der Waals surface area (Å²) in [5, 5.41) is 18.2. The monoisotopic (exact) mass is 203 g/mol. The van der Waals surface area contributed by atoms with Crippen molar-refractivity contribution >= 4 is 5.82 Å². The Labute approximate surface area is 88.8 Å². The van der Waals surface area contributed by atoms with Crippen LogP contribution in [-0.2, 0) is 0 Å². The fourth-order valence-corrected chi connectivity index (χ4v) is 1.80. The summed E-state index contributed by atoms with van der Waals surface area (Å²) in [7, 11) is 0. The smallest absolute Gasteiger partial charge is 0.128 e. The highest BCUT2D eigenvalue weighted by atomic mass is 16.3. The quantitative estimate of drug-likeness (QED) is 0.737. The van der Waals surface area contributed by atoms with E-state index in [-0.39, 0.29) is 6.10 Å². The molecule has 0 bridgehead atoms. The molecule has 1 aromatic heterocycles. The van der Waals surface area contributed by atoms with E-state index < -0.39 is 0 Å². The Bertz CT molecular complexity index is 368. The van der Waals surface area contributed by atoms with Crippen molar-refractivity contribution in [3.8, 4) is 6.07 Å². The van der Waals surface area contributed by atoms with Gasteiger partial charge in [-0.3, -0.25) is 0 Å². The van der Waals surface area contributed by atoms with E-state index in [1.807, 2.05) is 12.1 Å². The highest BCUT2D eigenvalue weighted by Gasteiger charge is 2.18. The molecule has 78 valence electrons. The first-order valence-corrected chi connectivity index (χ1v) is 5.09. The minimum atomic E-state index is -0.254. The predicted octanol–water partition coefficient (Wildman–Crippen LogP) is 0.914. The Morgan fingerprint density at radius 2 is 2.40 bits per heavy atom. The molecule has 0 saturated carbocycles. The summed E-state index contributed by atoms with van der Waals surface area (Å²) in [4.78, 5) is 6.25. The Morgan fingerprint density at radius 1 is 1.53 bits per heavy atom. The van der Waals surface area contributed by atoms with Gasteiger partial charge in [-0.15, -0.1) is 0 Å². The molecule has 1 unspecified atom stereocenters. The van der Waals surface area contributed by atoms with Gasteiger partial charge >= 0.3 is 0 Å². The minimum absolute atomic E-state index is 0.254. The molecule has 15 heavy (non-hydrogen) atoms. The summed E-state index contributed by atoms with van der Waals surface area (Å²) in [6.45, 7) is 1.56. The van der Waals surface area contributed by atoms with E-state index in [9.17, 15) is 5.11 Å². The number of aromatic nitrogens is 1. The molecule has 2 heterocycles. The molecule has 2 rings (SSSR count). The molecule has 1 aromatic rings. The third kappa shape index (κ3) is 2.25. The number of nitriles is 1. The van der Waals surface area contributed by atoms with Crippen molar-refractivity contribution in [3.63, 3.8) is 0 Å². The van der Waals surface area contributed by atoms with Gasteiger partial charge in [-0.2, -0.15) is 5.26 Å². The summed E-state index contributed by atoms with van der Waals surface area (Å²) in [5.41, 5.74) is 0.566. The topological polar surface area (TPSA) is 60.2 Å². The van der Waals surface area contributed by atoms with Crippen LogP contribution in [-0.4, -0.2) is 29.3 Å². The van der Waals surface area contributed by atoms with Gasteiger partial charge in [0.1, 0.15) is 11.9 Å². The van der Waals surface area contributed by atoms with E-state index in [0.717, 1.165) is 25.2 Å². The van der Waals surface area contributed by atoms with Gasteiger partial charge in [-0.25, -0.2) is 4.98 Å². The van der Waals surface area contributed by atoms with Gasteiger partial charge in [0.15, 0.2) is 0 Å². The molecule has 1 N–H and O–H groups in total. The maximum absolute atomic E-state index is 9.52. The summed E-state index contributed by atoms with van der Waals surface area (Å²) < 4.78 is 0. The molecule has 0 amide bonds. The van der Waals surface area contributed by atoms with Crippen LogP contribution >= 0.6 is 0 Å². The van der Waals surface area contributed by atoms with Gasteiger partial charge in [0.25, 0.3) is 0 Å². The lowest BCUT2D eigenvalue weighted by molar-refractivity contribution is 0.154. The third-order valence-electron chi connectivity index (χ3n) is 2.60. The largest absolute Gasteiger partial charge is 0.391 e. The Balaban J connectivity index is 2.12. The average molecular weight is 203 g/mol. The SMILES string of the molecule is N#Cc1ccc(N2CCCC(O)C2)nc1. The lowest BCUT2D eigenvalue weighted by atomic mass is 10.1. The van der Waals surface area contributed by atoms with Gasteiger partial charge < -0.3 is 10.0 Å². The van der Waals surface area contributed by atoms with Crippen LogP contribution in [0.15, 0.2) is 18.3 Å². The summed E-state index contributed by atoms with van der Waals surface area (Å²) in [6.07, 6.45) is 3.17. The maximum atomic E-state index is 9.52. The Morgan fingerprint density at radius 3 is 3.00 bits per heavy atom. The number of nitrogens with zero attached hydrogens (tertiary/aromatic N) is 3. The molecule has 0 radical (unpaired) electrons. The molecule has 1 aliphatic heterocycles. The lowest BCUT2D eigenvalue weighted by Crippen LogP contribution is -2.38. The highest BCUT2D eigenvalue weighted by Crippen LogP contribution is 2.17. The van der Waals surface area contributed by atoms with Crippen LogP contribution in [0.3, 0.4) is 0 Å². The number of piperidine rings is 1. The second-order valence-electron chi connectivity index (χ2n) is 3.76. The Hall–Kier alpha value is -1.60. The first kappa shape index (κ1) is 9.94. The fraction of sp³-hybridized carbons (Fsp3) is 0.455. The van der Waals surface area contributed by atoms with Gasteiger partial charge in [0.2, 0.25) is 0 Å². The second kappa shape index (κ2) is 4.28. The van der Waals surface area contributed by atoms with Gasteiger partial charge in [0, 0.05) is 19.3 Å². The van der Waals surface area contributed by atoms with Crippen LogP contribution in [0.25, 0.3) is 0 Å². The van der Waals surface area contributed by atoms with Crippen molar-refractivity contribution in [2.45, 2.75) is 18.9 Å². The van der Waals surface area contributed by atoms with E-state index in [0.29, 0.717) is 12.1 Å². The van der Waals surface area contributed by atoms with Crippen molar-refractivity contribution in [2.75, 3.05) is 18.0 Å². The lowest BCUT2D eigenvalue weighted by Gasteiger charge is -2.30. The molecule has 0 spiro atoms. The number of hydrogen-bond donors (Lipinski definition) is 1. The van der Waals surface area contributed by atoms with E-state index in [1.165, 1.54) is 0 Å². The molecular formula is C11H13N3O. The van der Waals surface area contributed by atoms with Crippen LogP contribution in [0.4, 0.5) is 5.82 Å².